The standard InChI is InChI=1S/C14H28N2O2/c1-5-8-15-11-14(18)6-9-16(10-7-14)12(17)13(2,3)4/h15,18H,5-11H2,1-4H3. The van der Waals surface area contributed by atoms with Crippen molar-refractivity contribution >= 4 is 5.91 Å². The van der Waals surface area contributed by atoms with Gasteiger partial charge in [0.2, 0.25) is 5.91 Å². The van der Waals surface area contributed by atoms with Crippen molar-refractivity contribution in [2.75, 3.05) is 26.2 Å². The quantitative estimate of drug-likeness (QED) is 0.747. The van der Waals surface area contributed by atoms with E-state index in [0.717, 1.165) is 13.0 Å². The molecule has 1 saturated heterocycles. The average molecular weight is 256 g/mol. The van der Waals surface area contributed by atoms with Crippen LogP contribution in [0.25, 0.3) is 0 Å². The number of nitrogens with one attached hydrogen (secondary N) is 1. The lowest BCUT2D eigenvalue weighted by molar-refractivity contribution is -0.143. The molecule has 18 heavy (non-hydrogen) atoms. The van der Waals surface area contributed by atoms with Gasteiger partial charge in [0.05, 0.1) is 5.60 Å². The Morgan fingerprint density at radius 3 is 2.33 bits per heavy atom. The van der Waals surface area contributed by atoms with E-state index < -0.39 is 5.60 Å². The van der Waals surface area contributed by atoms with E-state index in [9.17, 15) is 9.90 Å². The summed E-state index contributed by atoms with van der Waals surface area (Å²) in [6, 6.07) is 0. The van der Waals surface area contributed by atoms with Crippen LogP contribution >= 0.6 is 0 Å². The molecule has 1 aliphatic heterocycles. The first-order valence-electron chi connectivity index (χ1n) is 7.01. The lowest BCUT2D eigenvalue weighted by Gasteiger charge is -2.40. The molecule has 1 rings (SSSR count). The summed E-state index contributed by atoms with van der Waals surface area (Å²) in [6.45, 7) is 10.9. The summed E-state index contributed by atoms with van der Waals surface area (Å²) >= 11 is 0. The van der Waals surface area contributed by atoms with Crippen LogP contribution in [0.2, 0.25) is 0 Å². The van der Waals surface area contributed by atoms with E-state index in [-0.39, 0.29) is 11.3 Å². The zero-order valence-electron chi connectivity index (χ0n) is 12.3. The van der Waals surface area contributed by atoms with Crippen LogP contribution in [0.15, 0.2) is 0 Å². The number of likely N-dealkylation sites (tertiary alicyclic amines) is 1. The van der Waals surface area contributed by atoms with Gasteiger partial charge in [0.25, 0.3) is 0 Å². The van der Waals surface area contributed by atoms with Crippen LogP contribution in [-0.2, 0) is 4.79 Å². The molecule has 2 N–H and O–H groups in total. The number of rotatable bonds is 4. The highest BCUT2D eigenvalue weighted by atomic mass is 16.3. The van der Waals surface area contributed by atoms with E-state index in [2.05, 4.69) is 12.2 Å². The molecule has 0 unspecified atom stereocenters. The molecule has 0 radical (unpaired) electrons. The summed E-state index contributed by atoms with van der Waals surface area (Å²) in [5, 5.41) is 13.7. The van der Waals surface area contributed by atoms with Crippen LogP contribution in [0, 0.1) is 5.41 Å². The highest BCUT2D eigenvalue weighted by Crippen LogP contribution is 2.25. The molecule has 0 aromatic carbocycles. The molecule has 4 heteroatoms. The van der Waals surface area contributed by atoms with Crippen LogP contribution in [-0.4, -0.2) is 47.7 Å². The second-order valence-corrected chi connectivity index (χ2v) is 6.44. The number of hydrogen-bond acceptors (Lipinski definition) is 3. The van der Waals surface area contributed by atoms with Crippen molar-refractivity contribution in [1.29, 1.82) is 0 Å². The van der Waals surface area contributed by atoms with Gasteiger partial charge in [-0.15, -0.1) is 0 Å². The third kappa shape index (κ3) is 4.25. The SMILES string of the molecule is CCCNCC1(O)CCN(C(=O)C(C)(C)C)CC1. The summed E-state index contributed by atoms with van der Waals surface area (Å²) in [7, 11) is 0. The molecule has 106 valence electrons. The fourth-order valence-corrected chi connectivity index (χ4v) is 2.28. The second-order valence-electron chi connectivity index (χ2n) is 6.44. The first kappa shape index (κ1) is 15.4. The Hall–Kier alpha value is -0.610. The summed E-state index contributed by atoms with van der Waals surface area (Å²) < 4.78 is 0. The predicted molar refractivity (Wildman–Crippen MR) is 73.4 cm³/mol. The molecule has 1 fully saturated rings. The Morgan fingerprint density at radius 1 is 1.33 bits per heavy atom. The molecule has 1 heterocycles. The molecular weight excluding hydrogens is 228 g/mol. The van der Waals surface area contributed by atoms with E-state index >= 15 is 0 Å². The maximum Gasteiger partial charge on any atom is 0.227 e. The predicted octanol–water partition coefficient (Wildman–Crippen LogP) is 1.39. The summed E-state index contributed by atoms with van der Waals surface area (Å²) in [4.78, 5) is 14.0. The van der Waals surface area contributed by atoms with E-state index in [4.69, 9.17) is 0 Å². The number of aliphatic hydroxyl groups is 1. The third-order valence-corrected chi connectivity index (χ3v) is 3.50. The van der Waals surface area contributed by atoms with E-state index in [1.165, 1.54) is 0 Å². The van der Waals surface area contributed by atoms with Crippen molar-refractivity contribution in [3.8, 4) is 0 Å². The molecular formula is C14H28N2O2. The Labute approximate surface area is 111 Å². The molecule has 1 aliphatic rings. The molecule has 0 aromatic heterocycles. The third-order valence-electron chi connectivity index (χ3n) is 3.50. The van der Waals surface area contributed by atoms with Gasteiger partial charge in [0.1, 0.15) is 0 Å². The zero-order valence-corrected chi connectivity index (χ0v) is 12.3. The van der Waals surface area contributed by atoms with Gasteiger partial charge in [-0.25, -0.2) is 0 Å². The van der Waals surface area contributed by atoms with E-state index in [1.807, 2.05) is 25.7 Å². The van der Waals surface area contributed by atoms with Gasteiger partial charge < -0.3 is 15.3 Å². The van der Waals surface area contributed by atoms with Crippen LogP contribution in [0.5, 0.6) is 0 Å². The highest BCUT2D eigenvalue weighted by Gasteiger charge is 2.36. The maximum absolute atomic E-state index is 12.1. The largest absolute Gasteiger partial charge is 0.388 e. The first-order chi connectivity index (χ1) is 8.28. The van der Waals surface area contributed by atoms with Crippen molar-refractivity contribution < 1.29 is 9.90 Å². The number of piperidine rings is 1. The molecule has 0 atom stereocenters. The topological polar surface area (TPSA) is 52.6 Å². The van der Waals surface area contributed by atoms with Gasteiger partial charge in [-0.3, -0.25) is 4.79 Å². The van der Waals surface area contributed by atoms with Crippen LogP contribution in [0.4, 0.5) is 0 Å². The lowest BCUT2D eigenvalue weighted by Crippen LogP contribution is -2.53. The fraction of sp³-hybridized carbons (Fsp3) is 0.929. The fourth-order valence-electron chi connectivity index (χ4n) is 2.28. The minimum atomic E-state index is -0.635. The van der Waals surface area contributed by atoms with Crippen LogP contribution in [0.3, 0.4) is 0 Å². The number of carbonyl (C=O) groups excluding carboxylic acids is 1. The minimum absolute atomic E-state index is 0.186. The lowest BCUT2D eigenvalue weighted by atomic mass is 9.88. The number of hydrogen-bond donors (Lipinski definition) is 2. The molecule has 1 amide bonds. The van der Waals surface area contributed by atoms with Gasteiger partial charge in [0, 0.05) is 25.0 Å². The van der Waals surface area contributed by atoms with Crippen LogP contribution < -0.4 is 5.32 Å². The minimum Gasteiger partial charge on any atom is -0.388 e. The number of nitrogens with zero attached hydrogens (tertiary/aromatic N) is 1. The highest BCUT2D eigenvalue weighted by molar-refractivity contribution is 5.81. The Kier molecular flexibility index (Phi) is 5.17. The van der Waals surface area contributed by atoms with E-state index in [0.29, 0.717) is 32.5 Å². The van der Waals surface area contributed by atoms with Gasteiger partial charge in [-0.2, -0.15) is 0 Å². The average Bonchev–Trinajstić information content (AvgIpc) is 2.28. The first-order valence-corrected chi connectivity index (χ1v) is 7.01. The summed E-state index contributed by atoms with van der Waals surface area (Å²) in [5.41, 5.74) is -0.959. The Balaban J connectivity index is 2.42. The number of amides is 1. The molecule has 0 aromatic rings. The van der Waals surface area contributed by atoms with Gasteiger partial charge in [0.15, 0.2) is 0 Å². The monoisotopic (exact) mass is 256 g/mol. The van der Waals surface area contributed by atoms with Crippen molar-refractivity contribution in [3.63, 3.8) is 0 Å². The van der Waals surface area contributed by atoms with Gasteiger partial charge >= 0.3 is 0 Å². The van der Waals surface area contributed by atoms with Crippen LogP contribution in [0.1, 0.15) is 47.0 Å². The molecule has 4 nitrogen and oxygen atoms in total. The Morgan fingerprint density at radius 2 is 1.89 bits per heavy atom. The van der Waals surface area contributed by atoms with Gasteiger partial charge in [-0.1, -0.05) is 27.7 Å². The van der Waals surface area contributed by atoms with Crippen molar-refractivity contribution in [2.45, 2.75) is 52.6 Å². The van der Waals surface area contributed by atoms with Crippen molar-refractivity contribution in [3.05, 3.63) is 0 Å². The zero-order chi connectivity index (χ0) is 13.8. The molecule has 0 aliphatic carbocycles. The summed E-state index contributed by atoms with van der Waals surface area (Å²) in [6.07, 6.45) is 2.42. The maximum atomic E-state index is 12.1. The second kappa shape index (κ2) is 6.02. The smallest absolute Gasteiger partial charge is 0.227 e. The molecule has 0 bridgehead atoms. The van der Waals surface area contributed by atoms with Crippen molar-refractivity contribution in [1.82, 2.24) is 10.2 Å². The number of carbonyl (C=O) groups is 1. The summed E-state index contributed by atoms with van der Waals surface area (Å²) in [5.74, 6) is 0.186. The Bertz CT molecular complexity index is 276. The normalized spacial score (nSPS) is 19.9. The molecule has 0 spiro atoms. The van der Waals surface area contributed by atoms with Gasteiger partial charge in [-0.05, 0) is 25.8 Å². The van der Waals surface area contributed by atoms with Crippen molar-refractivity contribution in [2.24, 2.45) is 5.41 Å². The van der Waals surface area contributed by atoms with E-state index in [1.54, 1.807) is 0 Å². The molecule has 0 saturated carbocycles.